The molecule has 1 aromatic carbocycles. The third kappa shape index (κ3) is 4.28. The van der Waals surface area contributed by atoms with Crippen LogP contribution < -0.4 is 5.73 Å². The number of ether oxygens (including phenoxy) is 3. The quantitative estimate of drug-likeness (QED) is 0.597. The Morgan fingerprint density at radius 3 is 2.30 bits per heavy atom. The maximum absolute atomic E-state index is 12.5. The average Bonchev–Trinajstić information content (AvgIpc) is 2.99. The summed E-state index contributed by atoms with van der Waals surface area (Å²) in [4.78, 5) is 37.7. The van der Waals surface area contributed by atoms with E-state index in [0.717, 1.165) is 0 Å². The van der Waals surface area contributed by atoms with Crippen molar-refractivity contribution in [3.63, 3.8) is 0 Å². The Morgan fingerprint density at radius 2 is 1.67 bits per heavy atom. The third-order valence-corrected chi connectivity index (χ3v) is 4.90. The number of nitrogens with two attached hydrogens (primary N) is 1. The van der Waals surface area contributed by atoms with E-state index in [0.29, 0.717) is 25.1 Å². The standard InChI is InChI=1S/C19H24N2O6/c1-11(22)25-15-8-9-21-10-14(20)17(18(16(15)21)26-12(2)23)27-19(24)13-6-4-3-5-7-13/h3-7,14-18H,8-10,20H2,1-2H3/t14-,15-,16+,17?,18+/m0/s1. The van der Waals surface area contributed by atoms with Gasteiger partial charge in [-0.25, -0.2) is 4.79 Å². The second-order valence-corrected chi connectivity index (χ2v) is 6.90. The third-order valence-electron chi connectivity index (χ3n) is 4.90. The van der Waals surface area contributed by atoms with Crippen LogP contribution in [0.15, 0.2) is 30.3 Å². The Hall–Kier alpha value is -2.45. The Labute approximate surface area is 157 Å². The minimum absolute atomic E-state index is 0.386. The lowest BCUT2D eigenvalue weighted by Gasteiger charge is -2.44. The number of piperidine rings is 1. The number of hydrogen-bond acceptors (Lipinski definition) is 8. The Bertz CT molecular complexity index is 709. The highest BCUT2D eigenvalue weighted by atomic mass is 16.6. The SMILES string of the molecule is CC(=O)O[C@H]1CCN2C[C@H](N)C(OC(=O)c3ccccc3)[C@H](OC(C)=O)[C@@H]12. The molecule has 0 aliphatic carbocycles. The van der Waals surface area contributed by atoms with Gasteiger partial charge in [-0.15, -0.1) is 0 Å². The van der Waals surface area contributed by atoms with Gasteiger partial charge in [0.2, 0.25) is 0 Å². The number of esters is 3. The van der Waals surface area contributed by atoms with Crippen LogP contribution in [0.25, 0.3) is 0 Å². The normalized spacial score (nSPS) is 30.3. The number of fused-ring (bicyclic) bond motifs is 1. The van der Waals surface area contributed by atoms with Crippen LogP contribution in [0.1, 0.15) is 30.6 Å². The molecule has 2 saturated heterocycles. The molecule has 2 heterocycles. The summed E-state index contributed by atoms with van der Waals surface area (Å²) >= 11 is 0. The van der Waals surface area contributed by atoms with Gasteiger partial charge in [0.25, 0.3) is 0 Å². The first-order valence-corrected chi connectivity index (χ1v) is 8.97. The number of carbonyl (C=O) groups excluding carboxylic acids is 3. The van der Waals surface area contributed by atoms with Gasteiger partial charge in [-0.2, -0.15) is 0 Å². The van der Waals surface area contributed by atoms with E-state index in [-0.39, 0.29) is 0 Å². The van der Waals surface area contributed by atoms with Crippen LogP contribution in [-0.2, 0) is 23.8 Å². The van der Waals surface area contributed by atoms with Gasteiger partial charge in [0, 0.05) is 26.9 Å². The fraction of sp³-hybridized carbons (Fsp3) is 0.526. The zero-order valence-electron chi connectivity index (χ0n) is 15.4. The second kappa shape index (κ2) is 8.06. The molecule has 8 nitrogen and oxygen atoms in total. The Morgan fingerprint density at radius 1 is 1.00 bits per heavy atom. The summed E-state index contributed by atoms with van der Waals surface area (Å²) in [6.07, 6.45) is -1.49. The van der Waals surface area contributed by atoms with Gasteiger partial charge >= 0.3 is 17.9 Å². The molecule has 2 aliphatic rings. The number of carbonyl (C=O) groups is 3. The molecule has 0 aromatic heterocycles. The molecule has 0 radical (unpaired) electrons. The van der Waals surface area contributed by atoms with Gasteiger partial charge < -0.3 is 19.9 Å². The zero-order chi connectivity index (χ0) is 19.6. The van der Waals surface area contributed by atoms with Crippen molar-refractivity contribution in [2.45, 2.75) is 50.7 Å². The van der Waals surface area contributed by atoms with E-state index in [2.05, 4.69) is 0 Å². The number of benzene rings is 1. The highest BCUT2D eigenvalue weighted by molar-refractivity contribution is 5.89. The maximum atomic E-state index is 12.5. The lowest BCUT2D eigenvalue weighted by molar-refractivity contribution is -0.173. The van der Waals surface area contributed by atoms with Crippen molar-refractivity contribution in [1.29, 1.82) is 0 Å². The van der Waals surface area contributed by atoms with Crippen molar-refractivity contribution in [1.82, 2.24) is 4.90 Å². The molecule has 0 spiro atoms. The summed E-state index contributed by atoms with van der Waals surface area (Å²) in [5, 5.41) is 0. The summed E-state index contributed by atoms with van der Waals surface area (Å²) in [6.45, 7) is 3.74. The van der Waals surface area contributed by atoms with Gasteiger partial charge in [0.1, 0.15) is 6.10 Å². The molecule has 2 aliphatic heterocycles. The fourth-order valence-corrected chi connectivity index (χ4v) is 3.88. The molecule has 3 rings (SSSR count). The first-order valence-electron chi connectivity index (χ1n) is 8.97. The van der Waals surface area contributed by atoms with Crippen molar-refractivity contribution >= 4 is 17.9 Å². The van der Waals surface area contributed by atoms with Crippen molar-refractivity contribution in [3.8, 4) is 0 Å². The molecule has 0 amide bonds. The van der Waals surface area contributed by atoms with Crippen molar-refractivity contribution in [2.24, 2.45) is 5.73 Å². The van der Waals surface area contributed by atoms with Crippen molar-refractivity contribution in [2.75, 3.05) is 13.1 Å². The highest BCUT2D eigenvalue weighted by Crippen LogP contribution is 2.33. The first kappa shape index (κ1) is 19.3. The number of nitrogens with zero attached hydrogens (tertiary/aromatic N) is 1. The van der Waals surface area contributed by atoms with Crippen molar-refractivity contribution < 1.29 is 28.6 Å². The molecule has 2 fully saturated rings. The smallest absolute Gasteiger partial charge is 0.338 e. The van der Waals surface area contributed by atoms with Gasteiger partial charge in [0.15, 0.2) is 12.2 Å². The van der Waals surface area contributed by atoms with Crippen molar-refractivity contribution in [3.05, 3.63) is 35.9 Å². The molecule has 1 aromatic rings. The van der Waals surface area contributed by atoms with E-state index in [4.69, 9.17) is 19.9 Å². The molecule has 0 bridgehead atoms. The van der Waals surface area contributed by atoms with Gasteiger partial charge in [-0.3, -0.25) is 14.5 Å². The van der Waals surface area contributed by atoms with Crippen LogP contribution in [0.4, 0.5) is 0 Å². The predicted octanol–water partition coefficient (Wildman–Crippen LogP) is 0.491. The second-order valence-electron chi connectivity index (χ2n) is 6.90. The van der Waals surface area contributed by atoms with Crippen LogP contribution in [0, 0.1) is 0 Å². The lowest BCUT2D eigenvalue weighted by Crippen LogP contribution is -2.66. The van der Waals surface area contributed by atoms with E-state index < -0.39 is 48.3 Å². The monoisotopic (exact) mass is 376 g/mol. The van der Waals surface area contributed by atoms with E-state index >= 15 is 0 Å². The summed E-state index contributed by atoms with van der Waals surface area (Å²) < 4.78 is 16.6. The summed E-state index contributed by atoms with van der Waals surface area (Å²) in [5.41, 5.74) is 6.64. The van der Waals surface area contributed by atoms with E-state index in [1.165, 1.54) is 13.8 Å². The minimum Gasteiger partial charge on any atom is -0.461 e. The number of rotatable bonds is 4. The summed E-state index contributed by atoms with van der Waals surface area (Å²) in [6, 6.07) is 7.61. The molecule has 8 heteroatoms. The Balaban J connectivity index is 1.85. The molecule has 27 heavy (non-hydrogen) atoms. The largest absolute Gasteiger partial charge is 0.461 e. The zero-order valence-corrected chi connectivity index (χ0v) is 15.4. The highest BCUT2D eigenvalue weighted by Gasteiger charge is 2.53. The van der Waals surface area contributed by atoms with Crippen LogP contribution in [-0.4, -0.2) is 66.3 Å². The topological polar surface area (TPSA) is 108 Å². The summed E-state index contributed by atoms with van der Waals surface area (Å²) in [7, 11) is 0. The number of hydrogen-bond donors (Lipinski definition) is 1. The lowest BCUT2D eigenvalue weighted by atomic mass is 9.91. The van der Waals surface area contributed by atoms with Crippen LogP contribution in [0.2, 0.25) is 0 Å². The van der Waals surface area contributed by atoms with Gasteiger partial charge in [-0.05, 0) is 18.6 Å². The van der Waals surface area contributed by atoms with E-state index in [9.17, 15) is 14.4 Å². The predicted molar refractivity (Wildman–Crippen MR) is 94.7 cm³/mol. The van der Waals surface area contributed by atoms with Gasteiger partial charge in [0.05, 0.1) is 17.6 Å². The fourth-order valence-electron chi connectivity index (χ4n) is 3.88. The van der Waals surface area contributed by atoms with Crippen LogP contribution in [0.5, 0.6) is 0 Å². The summed E-state index contributed by atoms with van der Waals surface area (Å²) in [5.74, 6) is -1.46. The van der Waals surface area contributed by atoms with E-state index in [1.807, 2.05) is 4.90 Å². The Kier molecular flexibility index (Phi) is 5.76. The average molecular weight is 376 g/mol. The van der Waals surface area contributed by atoms with Crippen LogP contribution >= 0.6 is 0 Å². The molecular weight excluding hydrogens is 352 g/mol. The molecule has 5 atom stereocenters. The molecular formula is C19H24N2O6. The molecule has 2 N–H and O–H groups in total. The minimum atomic E-state index is -0.834. The molecule has 1 unspecified atom stereocenters. The maximum Gasteiger partial charge on any atom is 0.338 e. The van der Waals surface area contributed by atoms with E-state index in [1.54, 1.807) is 30.3 Å². The first-order chi connectivity index (χ1) is 12.9. The molecule has 0 saturated carbocycles. The van der Waals surface area contributed by atoms with Gasteiger partial charge in [-0.1, -0.05) is 18.2 Å². The van der Waals surface area contributed by atoms with Crippen LogP contribution in [0.3, 0.4) is 0 Å². The molecule has 146 valence electrons.